The lowest BCUT2D eigenvalue weighted by Gasteiger charge is -2.13. The smallest absolute Gasteiger partial charge is 0.387 e. The van der Waals surface area contributed by atoms with Crippen molar-refractivity contribution in [2.75, 3.05) is 6.54 Å². The Kier molecular flexibility index (Phi) is 6.50. The molecule has 0 radical (unpaired) electrons. The molecule has 0 fully saturated rings. The molecule has 0 spiro atoms. The van der Waals surface area contributed by atoms with Crippen LogP contribution in [0.4, 0.5) is 8.78 Å². The third-order valence-corrected chi connectivity index (χ3v) is 3.39. The van der Waals surface area contributed by atoms with Crippen LogP contribution in [-0.4, -0.2) is 31.0 Å². The zero-order chi connectivity index (χ0) is 18.2. The van der Waals surface area contributed by atoms with E-state index in [1.165, 1.54) is 30.7 Å². The minimum Gasteiger partial charge on any atom is -0.472 e. The van der Waals surface area contributed by atoms with Gasteiger partial charge in [0.05, 0.1) is 11.8 Å². The fourth-order valence-corrected chi connectivity index (χ4v) is 2.06. The zero-order valence-electron chi connectivity index (χ0n) is 13.5. The number of rotatable bonds is 8. The summed E-state index contributed by atoms with van der Waals surface area (Å²) in [5, 5.41) is 5.26. The second kappa shape index (κ2) is 8.81. The van der Waals surface area contributed by atoms with Crippen LogP contribution in [0.15, 0.2) is 47.3 Å². The fraction of sp³-hybridized carbons (Fsp3) is 0.294. The van der Waals surface area contributed by atoms with Crippen LogP contribution in [0.3, 0.4) is 0 Å². The van der Waals surface area contributed by atoms with E-state index in [1.807, 2.05) is 0 Å². The maximum atomic E-state index is 12.1. The third-order valence-electron chi connectivity index (χ3n) is 3.39. The first kappa shape index (κ1) is 18.4. The van der Waals surface area contributed by atoms with Crippen LogP contribution in [-0.2, 0) is 11.2 Å². The molecule has 1 unspecified atom stereocenters. The molecule has 0 bridgehead atoms. The van der Waals surface area contributed by atoms with Gasteiger partial charge in [0.25, 0.3) is 5.91 Å². The Morgan fingerprint density at radius 1 is 1.20 bits per heavy atom. The first-order chi connectivity index (χ1) is 12.0. The van der Waals surface area contributed by atoms with E-state index in [2.05, 4.69) is 15.4 Å². The predicted molar refractivity (Wildman–Crippen MR) is 85.4 cm³/mol. The summed E-state index contributed by atoms with van der Waals surface area (Å²) < 4.78 is 33.2. The highest BCUT2D eigenvalue weighted by Crippen LogP contribution is 2.14. The molecule has 0 aliphatic heterocycles. The molecule has 6 nitrogen and oxygen atoms in total. The highest BCUT2D eigenvalue weighted by Gasteiger charge is 2.16. The quantitative estimate of drug-likeness (QED) is 0.764. The summed E-state index contributed by atoms with van der Waals surface area (Å²) in [6.45, 7) is -0.937. The molecule has 1 heterocycles. The highest BCUT2D eigenvalue weighted by molar-refractivity contribution is 5.97. The lowest BCUT2D eigenvalue weighted by molar-refractivity contribution is -0.122. The lowest BCUT2D eigenvalue weighted by Crippen LogP contribution is -2.45. The van der Waals surface area contributed by atoms with E-state index in [9.17, 15) is 18.4 Å². The van der Waals surface area contributed by atoms with Gasteiger partial charge in [0.1, 0.15) is 18.1 Å². The molecule has 0 saturated heterocycles. The van der Waals surface area contributed by atoms with Gasteiger partial charge in [0.15, 0.2) is 0 Å². The molecule has 2 aromatic rings. The van der Waals surface area contributed by atoms with E-state index in [1.54, 1.807) is 19.1 Å². The van der Waals surface area contributed by atoms with E-state index in [0.29, 0.717) is 18.5 Å². The van der Waals surface area contributed by atoms with Crippen LogP contribution in [0.5, 0.6) is 5.75 Å². The Balaban J connectivity index is 1.73. The van der Waals surface area contributed by atoms with E-state index in [-0.39, 0.29) is 11.7 Å². The normalized spacial score (nSPS) is 11.8. The average Bonchev–Trinajstić information content (AvgIpc) is 3.10. The Hall–Kier alpha value is -2.90. The van der Waals surface area contributed by atoms with Crippen LogP contribution < -0.4 is 15.4 Å². The average molecular weight is 352 g/mol. The molecular weight excluding hydrogens is 334 g/mol. The number of alkyl halides is 2. The van der Waals surface area contributed by atoms with Crippen molar-refractivity contribution in [1.82, 2.24) is 10.6 Å². The molecule has 0 saturated carbocycles. The van der Waals surface area contributed by atoms with Crippen molar-refractivity contribution in [2.24, 2.45) is 0 Å². The molecule has 1 atom stereocenters. The number of halogens is 2. The Morgan fingerprint density at radius 3 is 2.52 bits per heavy atom. The third kappa shape index (κ3) is 5.91. The standard InChI is InChI=1S/C17H18F2N2O4/c1-11(21-16(23)13-7-9-24-10-13)15(22)20-8-6-12-2-4-14(5-3-12)25-17(18)19/h2-5,7,9-11,17H,6,8H2,1H3,(H,20,22)(H,21,23). The Morgan fingerprint density at radius 2 is 1.92 bits per heavy atom. The lowest BCUT2D eigenvalue weighted by atomic mass is 10.1. The van der Waals surface area contributed by atoms with Gasteiger partial charge in [0, 0.05) is 6.54 Å². The molecule has 8 heteroatoms. The molecule has 2 N–H and O–H groups in total. The number of hydrogen-bond donors (Lipinski definition) is 2. The van der Waals surface area contributed by atoms with E-state index < -0.39 is 18.6 Å². The summed E-state index contributed by atoms with van der Waals surface area (Å²) in [5.74, 6) is -0.640. The van der Waals surface area contributed by atoms with Crippen molar-refractivity contribution < 1.29 is 27.5 Å². The highest BCUT2D eigenvalue weighted by atomic mass is 19.3. The monoisotopic (exact) mass is 352 g/mol. The number of carbonyl (C=O) groups is 2. The van der Waals surface area contributed by atoms with E-state index >= 15 is 0 Å². The van der Waals surface area contributed by atoms with Crippen molar-refractivity contribution in [1.29, 1.82) is 0 Å². The van der Waals surface area contributed by atoms with Crippen LogP contribution in [0.1, 0.15) is 22.8 Å². The molecule has 2 rings (SSSR count). The number of ether oxygens (including phenoxy) is 1. The van der Waals surface area contributed by atoms with Gasteiger partial charge in [-0.3, -0.25) is 9.59 Å². The van der Waals surface area contributed by atoms with E-state index in [0.717, 1.165) is 5.56 Å². The molecule has 1 aromatic carbocycles. The summed E-state index contributed by atoms with van der Waals surface area (Å²) in [5.41, 5.74) is 1.20. The Bertz CT molecular complexity index is 687. The summed E-state index contributed by atoms with van der Waals surface area (Å²) in [6.07, 6.45) is 3.18. The number of carbonyl (C=O) groups excluding carboxylic acids is 2. The minimum atomic E-state index is -2.86. The van der Waals surface area contributed by atoms with Crippen molar-refractivity contribution in [3.05, 3.63) is 54.0 Å². The largest absolute Gasteiger partial charge is 0.472 e. The van der Waals surface area contributed by atoms with Crippen molar-refractivity contribution >= 4 is 11.8 Å². The molecule has 0 aliphatic carbocycles. The zero-order valence-corrected chi connectivity index (χ0v) is 13.5. The summed E-state index contributed by atoms with van der Waals surface area (Å²) in [6, 6.07) is 6.97. The van der Waals surface area contributed by atoms with Crippen molar-refractivity contribution in [3.8, 4) is 5.75 Å². The van der Waals surface area contributed by atoms with E-state index in [4.69, 9.17) is 4.42 Å². The number of benzene rings is 1. The summed E-state index contributed by atoms with van der Waals surface area (Å²) in [4.78, 5) is 23.8. The van der Waals surface area contributed by atoms with Crippen LogP contribution in [0, 0.1) is 0 Å². The van der Waals surface area contributed by atoms with Crippen LogP contribution in [0.2, 0.25) is 0 Å². The van der Waals surface area contributed by atoms with Crippen molar-refractivity contribution in [2.45, 2.75) is 26.0 Å². The number of nitrogens with one attached hydrogen (secondary N) is 2. The molecule has 1 aromatic heterocycles. The molecule has 0 aliphatic rings. The second-order valence-corrected chi connectivity index (χ2v) is 5.27. The molecule has 25 heavy (non-hydrogen) atoms. The molecule has 134 valence electrons. The SMILES string of the molecule is CC(NC(=O)c1ccoc1)C(=O)NCCc1ccc(OC(F)F)cc1. The molecule has 2 amide bonds. The fourth-order valence-electron chi connectivity index (χ4n) is 2.06. The van der Waals surface area contributed by atoms with Gasteiger partial charge in [-0.1, -0.05) is 12.1 Å². The number of amides is 2. The first-order valence-electron chi connectivity index (χ1n) is 7.60. The molecular formula is C17H18F2N2O4. The maximum absolute atomic E-state index is 12.1. The van der Waals surface area contributed by atoms with Gasteiger partial charge < -0.3 is 19.8 Å². The van der Waals surface area contributed by atoms with Gasteiger partial charge in [-0.15, -0.1) is 0 Å². The predicted octanol–water partition coefficient (Wildman–Crippen LogP) is 2.36. The first-order valence-corrected chi connectivity index (χ1v) is 7.60. The minimum absolute atomic E-state index is 0.0818. The van der Waals surface area contributed by atoms with Crippen molar-refractivity contribution in [3.63, 3.8) is 0 Å². The second-order valence-electron chi connectivity index (χ2n) is 5.27. The van der Waals surface area contributed by atoms with Gasteiger partial charge >= 0.3 is 6.61 Å². The number of furan rings is 1. The summed E-state index contributed by atoms with van der Waals surface area (Å²) >= 11 is 0. The topological polar surface area (TPSA) is 80.6 Å². The van der Waals surface area contributed by atoms with Crippen LogP contribution >= 0.6 is 0 Å². The summed E-state index contributed by atoms with van der Waals surface area (Å²) in [7, 11) is 0. The number of hydrogen-bond acceptors (Lipinski definition) is 4. The van der Waals surface area contributed by atoms with Gasteiger partial charge in [-0.2, -0.15) is 8.78 Å². The van der Waals surface area contributed by atoms with Gasteiger partial charge in [0.2, 0.25) is 5.91 Å². The maximum Gasteiger partial charge on any atom is 0.387 e. The van der Waals surface area contributed by atoms with Gasteiger partial charge in [-0.05, 0) is 37.1 Å². The van der Waals surface area contributed by atoms with Crippen LogP contribution in [0.25, 0.3) is 0 Å². The Labute approximate surface area is 143 Å². The van der Waals surface area contributed by atoms with Gasteiger partial charge in [-0.25, -0.2) is 0 Å².